The predicted molar refractivity (Wildman–Crippen MR) is 88.7 cm³/mol. The van der Waals surface area contributed by atoms with Crippen LogP contribution in [0.15, 0.2) is 60.7 Å². The maximum absolute atomic E-state index is 11.0. The van der Waals surface area contributed by atoms with E-state index >= 15 is 0 Å². The van der Waals surface area contributed by atoms with Crippen molar-refractivity contribution in [2.75, 3.05) is 7.11 Å². The van der Waals surface area contributed by atoms with E-state index in [-0.39, 0.29) is 0 Å². The Morgan fingerprint density at radius 1 is 0.909 bits per heavy atom. The van der Waals surface area contributed by atoms with E-state index in [0.29, 0.717) is 5.56 Å². The predicted octanol–water partition coefficient (Wildman–Crippen LogP) is 3.37. The van der Waals surface area contributed by atoms with Crippen LogP contribution in [0.1, 0.15) is 25.0 Å². The third-order valence-corrected chi connectivity index (χ3v) is 3.78. The van der Waals surface area contributed by atoms with Gasteiger partial charge in [-0.2, -0.15) is 0 Å². The molecule has 0 radical (unpaired) electrons. The molecule has 0 saturated heterocycles. The lowest BCUT2D eigenvalue weighted by atomic mass is 9.79. The van der Waals surface area contributed by atoms with Gasteiger partial charge in [0, 0.05) is 0 Å². The summed E-state index contributed by atoms with van der Waals surface area (Å²) >= 11 is 0. The fraction of sp³-hybridized carbons (Fsp3) is 0.263. The lowest BCUT2D eigenvalue weighted by molar-refractivity contribution is -0.104. The third kappa shape index (κ3) is 3.38. The molecule has 3 nitrogen and oxygen atoms in total. The first kappa shape index (κ1) is 16.3. The first-order valence-electron chi connectivity index (χ1n) is 7.20. The molecule has 3 heteroatoms. The van der Waals surface area contributed by atoms with Gasteiger partial charge >= 0.3 is 0 Å². The number of benzene rings is 2. The van der Waals surface area contributed by atoms with Crippen molar-refractivity contribution < 1.29 is 14.9 Å². The standard InChI is InChI=1S/C19H22O3/c1-18(2,20)19(21,16-7-5-4-6-8-16)14-13-15-9-11-17(22-3)12-10-15/h4-14,20-21H,1-3H3/b14-13+. The van der Waals surface area contributed by atoms with E-state index in [1.807, 2.05) is 42.5 Å². The summed E-state index contributed by atoms with van der Waals surface area (Å²) in [5.41, 5.74) is -1.24. The van der Waals surface area contributed by atoms with Gasteiger partial charge in [-0.15, -0.1) is 0 Å². The summed E-state index contributed by atoms with van der Waals surface area (Å²) in [5.74, 6) is 0.776. The molecule has 0 aliphatic heterocycles. The van der Waals surface area contributed by atoms with Gasteiger partial charge in [0.25, 0.3) is 0 Å². The Hall–Kier alpha value is -2.10. The molecule has 0 aliphatic carbocycles. The van der Waals surface area contributed by atoms with E-state index < -0.39 is 11.2 Å². The molecule has 0 aromatic heterocycles. The fourth-order valence-corrected chi connectivity index (χ4v) is 2.28. The quantitative estimate of drug-likeness (QED) is 0.890. The van der Waals surface area contributed by atoms with E-state index in [0.717, 1.165) is 11.3 Å². The Morgan fingerprint density at radius 3 is 2.00 bits per heavy atom. The molecule has 116 valence electrons. The van der Waals surface area contributed by atoms with Crippen molar-refractivity contribution in [1.29, 1.82) is 0 Å². The van der Waals surface area contributed by atoms with Gasteiger partial charge in [0.05, 0.1) is 12.7 Å². The topological polar surface area (TPSA) is 49.7 Å². The van der Waals surface area contributed by atoms with Gasteiger partial charge in [0.2, 0.25) is 0 Å². The van der Waals surface area contributed by atoms with Gasteiger partial charge in [0.15, 0.2) is 0 Å². The Labute approximate surface area is 131 Å². The summed E-state index contributed by atoms with van der Waals surface area (Å²) in [6, 6.07) is 16.7. The minimum absolute atomic E-state index is 0.646. The summed E-state index contributed by atoms with van der Waals surface area (Å²) < 4.78 is 5.12. The highest BCUT2D eigenvalue weighted by Gasteiger charge is 2.41. The van der Waals surface area contributed by atoms with E-state index in [4.69, 9.17) is 4.74 Å². The molecular weight excluding hydrogens is 276 g/mol. The zero-order chi connectivity index (χ0) is 16.2. The monoisotopic (exact) mass is 298 g/mol. The summed E-state index contributed by atoms with van der Waals surface area (Å²) in [6.07, 6.45) is 3.43. The number of ether oxygens (including phenoxy) is 1. The Kier molecular flexibility index (Phi) is 4.69. The largest absolute Gasteiger partial charge is 0.497 e. The minimum atomic E-state index is -1.48. The van der Waals surface area contributed by atoms with E-state index in [1.54, 1.807) is 45.2 Å². The van der Waals surface area contributed by atoms with Crippen molar-refractivity contribution in [1.82, 2.24) is 0 Å². The zero-order valence-corrected chi connectivity index (χ0v) is 13.2. The molecule has 0 amide bonds. The van der Waals surface area contributed by atoms with Crippen LogP contribution in [0.2, 0.25) is 0 Å². The molecule has 2 rings (SSSR count). The van der Waals surface area contributed by atoms with Gasteiger partial charge < -0.3 is 14.9 Å². The molecule has 0 heterocycles. The molecule has 2 aromatic carbocycles. The molecule has 1 unspecified atom stereocenters. The van der Waals surface area contributed by atoms with Gasteiger partial charge in [-0.05, 0) is 43.2 Å². The SMILES string of the molecule is COc1ccc(/C=C/C(O)(c2ccccc2)C(C)(C)O)cc1. The van der Waals surface area contributed by atoms with Crippen molar-refractivity contribution in [2.24, 2.45) is 0 Å². The van der Waals surface area contributed by atoms with Crippen LogP contribution < -0.4 is 4.74 Å². The lowest BCUT2D eigenvalue weighted by Crippen LogP contribution is -2.45. The Bertz CT molecular complexity index is 624. The first-order chi connectivity index (χ1) is 10.4. The Balaban J connectivity index is 2.36. The fourth-order valence-electron chi connectivity index (χ4n) is 2.28. The summed E-state index contributed by atoms with van der Waals surface area (Å²) in [4.78, 5) is 0. The number of hydrogen-bond acceptors (Lipinski definition) is 3. The van der Waals surface area contributed by atoms with Crippen LogP contribution in [-0.4, -0.2) is 22.9 Å². The average molecular weight is 298 g/mol. The molecule has 0 bridgehead atoms. The molecular formula is C19H22O3. The van der Waals surface area contributed by atoms with Gasteiger partial charge in [-0.3, -0.25) is 0 Å². The lowest BCUT2D eigenvalue weighted by Gasteiger charge is -2.37. The van der Waals surface area contributed by atoms with Crippen molar-refractivity contribution in [3.8, 4) is 5.75 Å². The van der Waals surface area contributed by atoms with Gasteiger partial charge in [-0.1, -0.05) is 48.5 Å². The summed E-state index contributed by atoms with van der Waals surface area (Å²) in [5, 5.41) is 21.4. The summed E-state index contributed by atoms with van der Waals surface area (Å²) in [6.45, 7) is 3.19. The van der Waals surface area contributed by atoms with E-state index in [1.165, 1.54) is 0 Å². The number of rotatable bonds is 5. The highest BCUT2D eigenvalue weighted by molar-refractivity contribution is 5.53. The smallest absolute Gasteiger partial charge is 0.136 e. The molecule has 1 atom stereocenters. The first-order valence-corrected chi connectivity index (χ1v) is 7.20. The number of hydrogen-bond donors (Lipinski definition) is 2. The van der Waals surface area contributed by atoms with Crippen LogP contribution in [0.25, 0.3) is 6.08 Å². The molecule has 2 aromatic rings. The maximum atomic E-state index is 11.0. The normalized spacial score (nSPS) is 14.8. The van der Waals surface area contributed by atoms with Crippen LogP contribution in [-0.2, 0) is 5.60 Å². The second kappa shape index (κ2) is 6.34. The average Bonchev–Trinajstić information content (AvgIpc) is 2.53. The van der Waals surface area contributed by atoms with Crippen molar-refractivity contribution in [3.63, 3.8) is 0 Å². The molecule has 0 spiro atoms. The second-order valence-electron chi connectivity index (χ2n) is 5.80. The van der Waals surface area contributed by atoms with Gasteiger partial charge in [-0.25, -0.2) is 0 Å². The number of aliphatic hydroxyl groups is 2. The highest BCUT2D eigenvalue weighted by atomic mass is 16.5. The third-order valence-electron chi connectivity index (χ3n) is 3.78. The second-order valence-corrected chi connectivity index (χ2v) is 5.80. The van der Waals surface area contributed by atoms with E-state index in [9.17, 15) is 10.2 Å². The minimum Gasteiger partial charge on any atom is -0.497 e. The van der Waals surface area contributed by atoms with Crippen LogP contribution in [0.3, 0.4) is 0 Å². The highest BCUT2D eigenvalue weighted by Crippen LogP contribution is 2.34. The van der Waals surface area contributed by atoms with Crippen LogP contribution >= 0.6 is 0 Å². The van der Waals surface area contributed by atoms with Crippen molar-refractivity contribution in [3.05, 3.63) is 71.8 Å². The van der Waals surface area contributed by atoms with Crippen LogP contribution in [0.5, 0.6) is 5.75 Å². The Morgan fingerprint density at radius 2 is 1.50 bits per heavy atom. The molecule has 0 aliphatic rings. The summed E-state index contributed by atoms with van der Waals surface area (Å²) in [7, 11) is 1.62. The molecule has 0 saturated carbocycles. The zero-order valence-electron chi connectivity index (χ0n) is 13.2. The van der Waals surface area contributed by atoms with Crippen LogP contribution in [0.4, 0.5) is 0 Å². The molecule has 2 N–H and O–H groups in total. The van der Waals surface area contributed by atoms with Crippen LogP contribution in [0, 0.1) is 0 Å². The van der Waals surface area contributed by atoms with Gasteiger partial charge in [0.1, 0.15) is 11.4 Å². The van der Waals surface area contributed by atoms with Crippen molar-refractivity contribution >= 4 is 6.08 Å². The molecule has 22 heavy (non-hydrogen) atoms. The maximum Gasteiger partial charge on any atom is 0.136 e. The van der Waals surface area contributed by atoms with E-state index in [2.05, 4.69) is 0 Å². The van der Waals surface area contributed by atoms with Crippen molar-refractivity contribution in [2.45, 2.75) is 25.0 Å². The number of methoxy groups -OCH3 is 1. The molecule has 0 fully saturated rings.